The lowest BCUT2D eigenvalue weighted by atomic mass is 10.1. The maximum atomic E-state index is 12.9. The minimum atomic E-state index is -4.50. The second-order valence-electron chi connectivity index (χ2n) is 6.10. The van der Waals surface area contributed by atoms with Gasteiger partial charge in [-0.2, -0.15) is 13.2 Å². The van der Waals surface area contributed by atoms with Crippen LogP contribution >= 0.6 is 0 Å². The summed E-state index contributed by atoms with van der Waals surface area (Å²) in [6.07, 6.45) is -4.27. The van der Waals surface area contributed by atoms with Gasteiger partial charge in [-0.15, -0.1) is 0 Å². The summed E-state index contributed by atoms with van der Waals surface area (Å²) in [5.74, 6) is -1.42. The molecule has 0 unspecified atom stereocenters. The third-order valence-electron chi connectivity index (χ3n) is 4.34. The summed E-state index contributed by atoms with van der Waals surface area (Å²) in [6, 6.07) is 11.2. The summed E-state index contributed by atoms with van der Waals surface area (Å²) in [5.41, 5.74) is -0.228. The molecule has 1 atom stereocenters. The van der Waals surface area contributed by atoms with Crippen molar-refractivity contribution in [1.82, 2.24) is 0 Å². The van der Waals surface area contributed by atoms with E-state index in [0.29, 0.717) is 11.4 Å². The van der Waals surface area contributed by atoms with Crippen LogP contribution in [0.25, 0.3) is 0 Å². The molecule has 142 valence electrons. The van der Waals surface area contributed by atoms with Crippen molar-refractivity contribution in [2.24, 2.45) is 5.92 Å². The second-order valence-corrected chi connectivity index (χ2v) is 6.10. The van der Waals surface area contributed by atoms with Crippen LogP contribution in [0.5, 0.6) is 5.75 Å². The van der Waals surface area contributed by atoms with E-state index in [0.717, 1.165) is 12.1 Å². The number of hydrogen-bond acceptors (Lipinski definition) is 3. The van der Waals surface area contributed by atoms with Crippen LogP contribution in [0.2, 0.25) is 0 Å². The van der Waals surface area contributed by atoms with Crippen molar-refractivity contribution in [2.45, 2.75) is 12.6 Å². The van der Waals surface area contributed by atoms with Crippen molar-refractivity contribution in [3.8, 4) is 5.75 Å². The Morgan fingerprint density at radius 3 is 2.63 bits per heavy atom. The highest BCUT2D eigenvalue weighted by atomic mass is 19.4. The molecule has 0 spiro atoms. The van der Waals surface area contributed by atoms with Crippen LogP contribution in [0.3, 0.4) is 0 Å². The Morgan fingerprint density at radius 2 is 1.93 bits per heavy atom. The molecule has 5 nitrogen and oxygen atoms in total. The zero-order valence-electron chi connectivity index (χ0n) is 14.4. The number of ether oxygens (including phenoxy) is 1. The predicted octanol–water partition coefficient (Wildman–Crippen LogP) is 3.71. The van der Waals surface area contributed by atoms with E-state index in [2.05, 4.69) is 5.32 Å². The predicted molar refractivity (Wildman–Crippen MR) is 93.5 cm³/mol. The average molecular weight is 378 g/mol. The van der Waals surface area contributed by atoms with Crippen molar-refractivity contribution in [1.29, 1.82) is 0 Å². The number of methoxy groups -OCH3 is 1. The molecule has 1 aliphatic rings. The molecule has 2 amide bonds. The van der Waals surface area contributed by atoms with Crippen LogP contribution in [0.4, 0.5) is 24.5 Å². The van der Waals surface area contributed by atoms with Crippen molar-refractivity contribution in [3.05, 3.63) is 54.1 Å². The Balaban J connectivity index is 1.74. The molecule has 1 aliphatic heterocycles. The minimum absolute atomic E-state index is 0.131. The van der Waals surface area contributed by atoms with Gasteiger partial charge >= 0.3 is 6.18 Å². The fourth-order valence-electron chi connectivity index (χ4n) is 2.96. The third kappa shape index (κ3) is 4.05. The van der Waals surface area contributed by atoms with Crippen LogP contribution in [-0.4, -0.2) is 25.5 Å². The monoisotopic (exact) mass is 378 g/mol. The quantitative estimate of drug-likeness (QED) is 0.826. The van der Waals surface area contributed by atoms with Crippen LogP contribution in [0, 0.1) is 5.92 Å². The highest BCUT2D eigenvalue weighted by Crippen LogP contribution is 2.33. The summed E-state index contributed by atoms with van der Waals surface area (Å²) in [7, 11) is 1.49. The summed E-state index contributed by atoms with van der Waals surface area (Å²) in [5, 5.41) is 2.65. The highest BCUT2D eigenvalue weighted by molar-refractivity contribution is 6.13. The van der Waals surface area contributed by atoms with Crippen LogP contribution < -0.4 is 15.0 Å². The normalized spacial score (nSPS) is 17.1. The topological polar surface area (TPSA) is 58.6 Å². The van der Waals surface area contributed by atoms with Gasteiger partial charge in [0.15, 0.2) is 0 Å². The SMILES string of the molecule is COc1cccc(NC(=O)[C@H]2CCN(c3cccc(C(F)(F)F)c3)C2=O)c1. The van der Waals surface area contributed by atoms with Gasteiger partial charge in [0.1, 0.15) is 11.7 Å². The van der Waals surface area contributed by atoms with Gasteiger partial charge in [-0.1, -0.05) is 12.1 Å². The maximum absolute atomic E-state index is 12.9. The number of benzene rings is 2. The Hall–Kier alpha value is -3.03. The summed E-state index contributed by atoms with van der Waals surface area (Å²) >= 11 is 0. The molecule has 0 aliphatic carbocycles. The Bertz CT molecular complexity index is 867. The van der Waals surface area contributed by atoms with Crippen molar-refractivity contribution >= 4 is 23.2 Å². The molecule has 1 N–H and O–H groups in total. The Labute approximate surface area is 153 Å². The summed E-state index contributed by atoms with van der Waals surface area (Å²) in [6.45, 7) is 0.177. The molecular formula is C19H17F3N2O3. The molecule has 1 saturated heterocycles. The van der Waals surface area contributed by atoms with Crippen LogP contribution in [0.1, 0.15) is 12.0 Å². The van der Waals surface area contributed by atoms with E-state index in [-0.39, 0.29) is 18.7 Å². The van der Waals surface area contributed by atoms with E-state index in [1.807, 2.05) is 0 Å². The van der Waals surface area contributed by atoms with Gasteiger partial charge in [0.25, 0.3) is 0 Å². The number of alkyl halides is 3. The molecule has 27 heavy (non-hydrogen) atoms. The van der Waals surface area contributed by atoms with Crippen molar-refractivity contribution in [3.63, 3.8) is 0 Å². The first-order valence-corrected chi connectivity index (χ1v) is 8.23. The van der Waals surface area contributed by atoms with Crippen molar-refractivity contribution < 1.29 is 27.5 Å². The molecule has 0 saturated carbocycles. The molecule has 8 heteroatoms. The molecule has 0 aromatic heterocycles. The number of halogens is 3. The molecule has 2 aromatic carbocycles. The van der Waals surface area contributed by atoms with Gasteiger partial charge in [-0.05, 0) is 36.8 Å². The zero-order chi connectivity index (χ0) is 19.6. The third-order valence-corrected chi connectivity index (χ3v) is 4.34. The van der Waals surface area contributed by atoms with Crippen LogP contribution in [-0.2, 0) is 15.8 Å². The number of carbonyl (C=O) groups is 2. The Morgan fingerprint density at radius 1 is 1.19 bits per heavy atom. The lowest BCUT2D eigenvalue weighted by Crippen LogP contribution is -2.33. The highest BCUT2D eigenvalue weighted by Gasteiger charge is 2.38. The number of hydrogen-bond donors (Lipinski definition) is 1. The van der Waals surface area contributed by atoms with Crippen molar-refractivity contribution in [2.75, 3.05) is 23.9 Å². The lowest BCUT2D eigenvalue weighted by molar-refractivity contribution is -0.137. The number of carbonyl (C=O) groups excluding carboxylic acids is 2. The van der Waals surface area contributed by atoms with E-state index >= 15 is 0 Å². The van der Waals surface area contributed by atoms with E-state index < -0.39 is 29.5 Å². The number of nitrogens with one attached hydrogen (secondary N) is 1. The average Bonchev–Trinajstić information content (AvgIpc) is 3.03. The minimum Gasteiger partial charge on any atom is -0.497 e. The first kappa shape index (κ1) is 18.8. The molecule has 3 rings (SSSR count). The fraction of sp³-hybridized carbons (Fsp3) is 0.263. The molecule has 0 radical (unpaired) electrons. The van der Waals surface area contributed by atoms with E-state index in [1.54, 1.807) is 24.3 Å². The van der Waals surface area contributed by atoms with Gasteiger partial charge in [0.2, 0.25) is 11.8 Å². The zero-order valence-corrected chi connectivity index (χ0v) is 14.4. The molecule has 0 bridgehead atoms. The second kappa shape index (κ2) is 7.30. The number of amides is 2. The molecule has 1 fully saturated rings. The lowest BCUT2D eigenvalue weighted by Gasteiger charge is -2.18. The maximum Gasteiger partial charge on any atom is 0.416 e. The number of anilines is 2. The largest absolute Gasteiger partial charge is 0.497 e. The van der Waals surface area contributed by atoms with Gasteiger partial charge in [0.05, 0.1) is 12.7 Å². The first-order valence-electron chi connectivity index (χ1n) is 8.23. The first-order chi connectivity index (χ1) is 12.8. The molecule has 2 aromatic rings. The standard InChI is InChI=1S/C19H17F3N2O3/c1-27-15-7-3-5-13(11-15)23-17(25)16-8-9-24(18(16)26)14-6-2-4-12(10-14)19(20,21)22/h2-7,10-11,16H,8-9H2,1H3,(H,23,25)/t16-/m1/s1. The smallest absolute Gasteiger partial charge is 0.416 e. The summed E-state index contributed by atoms with van der Waals surface area (Å²) in [4.78, 5) is 26.2. The van der Waals surface area contributed by atoms with Gasteiger partial charge in [-0.3, -0.25) is 9.59 Å². The number of nitrogens with zero attached hydrogens (tertiary/aromatic N) is 1. The fourth-order valence-corrected chi connectivity index (χ4v) is 2.96. The van der Waals surface area contributed by atoms with E-state index in [1.165, 1.54) is 24.1 Å². The van der Waals surface area contributed by atoms with Crippen LogP contribution in [0.15, 0.2) is 48.5 Å². The van der Waals surface area contributed by atoms with E-state index in [4.69, 9.17) is 4.74 Å². The van der Waals surface area contributed by atoms with E-state index in [9.17, 15) is 22.8 Å². The van der Waals surface area contributed by atoms with Gasteiger partial charge in [0, 0.05) is 24.0 Å². The molecule has 1 heterocycles. The molecular weight excluding hydrogens is 361 g/mol. The number of rotatable bonds is 4. The van der Waals surface area contributed by atoms with Gasteiger partial charge < -0.3 is 15.0 Å². The summed E-state index contributed by atoms with van der Waals surface area (Å²) < 4.78 is 43.7. The Kier molecular flexibility index (Phi) is 5.07. The van der Waals surface area contributed by atoms with Gasteiger partial charge in [-0.25, -0.2) is 0 Å².